The van der Waals surface area contributed by atoms with Gasteiger partial charge in [0.25, 0.3) is 0 Å². The Morgan fingerprint density at radius 1 is 1.30 bits per heavy atom. The zero-order chi connectivity index (χ0) is 14.4. The molecule has 1 aromatic carbocycles. The quantitative estimate of drug-likeness (QED) is 0.562. The van der Waals surface area contributed by atoms with Crippen LogP contribution < -0.4 is 0 Å². The Morgan fingerprint density at radius 3 is 2.80 bits per heavy atom. The third-order valence-corrected chi connectivity index (χ3v) is 4.30. The van der Waals surface area contributed by atoms with Crippen molar-refractivity contribution < 1.29 is 4.39 Å². The monoisotopic (exact) mass is 415 g/mol. The summed E-state index contributed by atoms with van der Waals surface area (Å²) in [6.45, 7) is 1.90. The number of fused-ring (bicyclic) bond motifs is 1. The number of aromatic nitrogens is 3. The molecule has 0 fully saturated rings. The molecule has 0 aliphatic rings. The number of aromatic amines is 1. The predicted molar refractivity (Wildman–Crippen MR) is 86.3 cm³/mol. The average Bonchev–Trinajstić information content (AvgIpc) is 2.69. The summed E-state index contributed by atoms with van der Waals surface area (Å²) in [5.41, 5.74) is 3.05. The van der Waals surface area contributed by atoms with Gasteiger partial charge in [0.15, 0.2) is 10.4 Å². The lowest BCUT2D eigenvalue weighted by molar-refractivity contribution is 0.619. The number of H-pyrrole nitrogens is 1. The van der Waals surface area contributed by atoms with E-state index in [1.54, 1.807) is 16.8 Å². The Labute approximate surface area is 136 Å². The van der Waals surface area contributed by atoms with Crippen LogP contribution in [-0.2, 0) is 0 Å². The number of pyridine rings is 1. The van der Waals surface area contributed by atoms with Gasteiger partial charge in [-0.3, -0.25) is 4.57 Å². The number of nitrogens with one attached hydrogen (secondary N) is 1. The maximum absolute atomic E-state index is 13.8. The summed E-state index contributed by atoms with van der Waals surface area (Å²) in [4.78, 5) is 7.43. The summed E-state index contributed by atoms with van der Waals surface area (Å²) in [6, 6.07) is 5.07. The van der Waals surface area contributed by atoms with Gasteiger partial charge >= 0.3 is 0 Å². The molecule has 0 spiro atoms. The van der Waals surface area contributed by atoms with Gasteiger partial charge in [-0.1, -0.05) is 0 Å². The fraction of sp³-hybridized carbons (Fsp3) is 0.0769. The maximum atomic E-state index is 13.8. The summed E-state index contributed by atoms with van der Waals surface area (Å²) in [7, 11) is 0. The molecule has 7 heteroatoms. The molecule has 0 radical (unpaired) electrons. The molecular weight excluding hydrogens is 409 g/mol. The van der Waals surface area contributed by atoms with E-state index in [2.05, 4.69) is 41.8 Å². The molecular formula is C13H8Br2FN3S. The van der Waals surface area contributed by atoms with Crippen LogP contribution in [0.5, 0.6) is 0 Å². The molecule has 2 heterocycles. The van der Waals surface area contributed by atoms with Crippen molar-refractivity contribution in [1.82, 2.24) is 14.5 Å². The number of aryl methyl sites for hydroxylation is 1. The van der Waals surface area contributed by atoms with Crippen LogP contribution in [-0.4, -0.2) is 14.5 Å². The standard InChI is InChI=1S/C13H8Br2FN3S/c1-6-2-8(15)9(16)4-11(6)19-12-10(18-13(19)20)3-7(14)5-17-12/h2-5H,1H3,(H,18,20). The van der Waals surface area contributed by atoms with E-state index in [9.17, 15) is 4.39 Å². The lowest BCUT2D eigenvalue weighted by Crippen LogP contribution is -1.99. The van der Waals surface area contributed by atoms with Crippen molar-refractivity contribution in [3.05, 3.63) is 49.5 Å². The molecule has 3 aromatic rings. The second-order valence-electron chi connectivity index (χ2n) is 4.34. The summed E-state index contributed by atoms with van der Waals surface area (Å²) in [5.74, 6) is -0.334. The van der Waals surface area contributed by atoms with E-state index in [0.717, 1.165) is 15.6 Å². The van der Waals surface area contributed by atoms with Crippen molar-refractivity contribution in [3.63, 3.8) is 0 Å². The first-order valence-corrected chi connectivity index (χ1v) is 7.69. The van der Waals surface area contributed by atoms with Crippen molar-refractivity contribution in [2.75, 3.05) is 0 Å². The number of benzene rings is 1. The molecule has 3 nitrogen and oxygen atoms in total. The van der Waals surface area contributed by atoms with Gasteiger partial charge in [0.1, 0.15) is 5.82 Å². The molecule has 102 valence electrons. The van der Waals surface area contributed by atoms with E-state index < -0.39 is 0 Å². The van der Waals surface area contributed by atoms with Gasteiger partial charge in [-0.2, -0.15) is 0 Å². The number of imidazole rings is 1. The molecule has 2 aromatic heterocycles. The first-order valence-electron chi connectivity index (χ1n) is 5.69. The lowest BCUT2D eigenvalue weighted by atomic mass is 10.2. The number of nitrogens with zero attached hydrogens (tertiary/aromatic N) is 2. The second-order valence-corrected chi connectivity index (χ2v) is 6.50. The molecule has 0 unspecified atom stereocenters. The van der Waals surface area contributed by atoms with Gasteiger partial charge in [-0.05, 0) is 74.8 Å². The molecule has 0 saturated heterocycles. The zero-order valence-corrected chi connectivity index (χ0v) is 14.2. The first-order chi connectivity index (χ1) is 9.47. The van der Waals surface area contributed by atoms with E-state index in [4.69, 9.17) is 12.2 Å². The van der Waals surface area contributed by atoms with Crippen LogP contribution in [0.1, 0.15) is 5.56 Å². The Balaban J connectivity index is 2.38. The summed E-state index contributed by atoms with van der Waals surface area (Å²) in [5, 5.41) is 0. The van der Waals surface area contributed by atoms with Crippen molar-refractivity contribution in [1.29, 1.82) is 0 Å². The highest BCUT2D eigenvalue weighted by molar-refractivity contribution is 9.10. The normalized spacial score (nSPS) is 11.2. The molecule has 0 saturated carbocycles. The Morgan fingerprint density at radius 2 is 2.05 bits per heavy atom. The SMILES string of the molecule is Cc1cc(Br)c(F)cc1-n1c(=S)[nH]c2cc(Br)cnc21. The minimum atomic E-state index is -0.334. The highest BCUT2D eigenvalue weighted by atomic mass is 79.9. The van der Waals surface area contributed by atoms with Crippen molar-refractivity contribution in [3.8, 4) is 5.69 Å². The molecule has 0 atom stereocenters. The van der Waals surface area contributed by atoms with Gasteiger partial charge in [0, 0.05) is 10.7 Å². The number of halogens is 3. The van der Waals surface area contributed by atoms with E-state index in [-0.39, 0.29) is 5.82 Å². The predicted octanol–water partition coefficient (Wildman–Crippen LogP) is 5.06. The van der Waals surface area contributed by atoms with Crippen LogP contribution in [0, 0.1) is 17.5 Å². The van der Waals surface area contributed by atoms with Gasteiger partial charge < -0.3 is 4.98 Å². The molecule has 1 N–H and O–H groups in total. The van der Waals surface area contributed by atoms with E-state index in [1.165, 1.54) is 6.07 Å². The largest absolute Gasteiger partial charge is 0.329 e. The van der Waals surface area contributed by atoms with Gasteiger partial charge in [-0.25, -0.2) is 9.37 Å². The van der Waals surface area contributed by atoms with Crippen molar-refractivity contribution in [2.24, 2.45) is 0 Å². The lowest BCUT2D eigenvalue weighted by Gasteiger charge is -2.09. The summed E-state index contributed by atoms with van der Waals surface area (Å²) >= 11 is 11.9. The van der Waals surface area contributed by atoms with E-state index in [1.807, 2.05) is 13.0 Å². The molecule has 0 bridgehead atoms. The first kappa shape index (κ1) is 13.9. The highest BCUT2D eigenvalue weighted by Gasteiger charge is 2.13. The fourth-order valence-electron chi connectivity index (χ4n) is 2.07. The Bertz CT molecular complexity index is 885. The second kappa shape index (κ2) is 5.05. The molecule has 20 heavy (non-hydrogen) atoms. The third kappa shape index (κ3) is 2.23. The van der Waals surface area contributed by atoms with Crippen molar-refractivity contribution in [2.45, 2.75) is 6.92 Å². The smallest absolute Gasteiger partial charge is 0.184 e. The van der Waals surface area contributed by atoms with Gasteiger partial charge in [0.05, 0.1) is 15.7 Å². The van der Waals surface area contributed by atoms with Crippen LogP contribution in [0.2, 0.25) is 0 Å². The minimum absolute atomic E-state index is 0.334. The van der Waals surface area contributed by atoms with Crippen LogP contribution in [0.15, 0.2) is 33.3 Å². The van der Waals surface area contributed by atoms with Crippen LogP contribution in [0.4, 0.5) is 4.39 Å². The highest BCUT2D eigenvalue weighted by Crippen LogP contribution is 2.26. The maximum Gasteiger partial charge on any atom is 0.184 e. The zero-order valence-electron chi connectivity index (χ0n) is 10.2. The number of rotatable bonds is 1. The average molecular weight is 417 g/mol. The summed E-state index contributed by atoms with van der Waals surface area (Å²) in [6.07, 6.45) is 1.69. The molecule has 0 aliphatic carbocycles. The van der Waals surface area contributed by atoms with Crippen LogP contribution >= 0.6 is 44.1 Å². The van der Waals surface area contributed by atoms with E-state index in [0.29, 0.717) is 20.6 Å². The molecule has 0 amide bonds. The third-order valence-electron chi connectivity index (χ3n) is 2.97. The summed E-state index contributed by atoms with van der Waals surface area (Å²) < 4.78 is 17.3. The molecule has 3 rings (SSSR count). The van der Waals surface area contributed by atoms with Gasteiger partial charge in [0.2, 0.25) is 0 Å². The Kier molecular flexibility index (Phi) is 3.51. The topological polar surface area (TPSA) is 33.6 Å². The fourth-order valence-corrected chi connectivity index (χ4v) is 3.15. The van der Waals surface area contributed by atoms with E-state index >= 15 is 0 Å². The Hall–Kier alpha value is -1.05. The van der Waals surface area contributed by atoms with Crippen LogP contribution in [0.3, 0.4) is 0 Å². The molecule has 0 aliphatic heterocycles. The number of hydrogen-bond donors (Lipinski definition) is 1. The van der Waals surface area contributed by atoms with Gasteiger partial charge in [-0.15, -0.1) is 0 Å². The minimum Gasteiger partial charge on any atom is -0.329 e. The van der Waals surface area contributed by atoms with Crippen molar-refractivity contribution >= 4 is 55.2 Å². The van der Waals surface area contributed by atoms with Crippen LogP contribution in [0.25, 0.3) is 16.9 Å². The number of hydrogen-bond acceptors (Lipinski definition) is 2.